The summed E-state index contributed by atoms with van der Waals surface area (Å²) in [4.78, 5) is 8.53. The van der Waals surface area contributed by atoms with Crippen LogP contribution in [0.5, 0.6) is 5.88 Å². The summed E-state index contributed by atoms with van der Waals surface area (Å²) in [7, 11) is 0. The van der Waals surface area contributed by atoms with Crippen LogP contribution in [0, 0.1) is 0 Å². The van der Waals surface area contributed by atoms with Crippen LogP contribution in [-0.2, 0) is 6.54 Å². The maximum atomic E-state index is 5.53. The molecule has 0 saturated heterocycles. The van der Waals surface area contributed by atoms with Crippen LogP contribution in [0.3, 0.4) is 0 Å². The lowest BCUT2D eigenvalue weighted by Gasteiger charge is -2.20. The topological polar surface area (TPSA) is 47.0 Å². The number of nitrogens with zero attached hydrogens (tertiary/aromatic N) is 2. The molecule has 1 aromatic heterocycles. The second kappa shape index (κ2) is 6.50. The first-order chi connectivity index (χ1) is 8.37. The van der Waals surface area contributed by atoms with Gasteiger partial charge in [-0.2, -0.15) is 0 Å². The number of ether oxygens (including phenoxy) is 1. The van der Waals surface area contributed by atoms with Crippen LogP contribution in [-0.4, -0.2) is 22.1 Å². The second-order valence-corrected chi connectivity index (χ2v) is 5.51. The van der Waals surface area contributed by atoms with E-state index < -0.39 is 0 Å². The third-order valence-electron chi connectivity index (χ3n) is 2.24. The Kier molecular flexibility index (Phi) is 5.28. The molecule has 1 aromatic rings. The van der Waals surface area contributed by atoms with Crippen molar-refractivity contribution in [1.82, 2.24) is 15.3 Å². The molecule has 4 nitrogen and oxygen atoms in total. The lowest BCUT2D eigenvalue weighted by Crippen LogP contribution is -2.35. The van der Waals surface area contributed by atoms with Crippen molar-refractivity contribution in [2.24, 2.45) is 0 Å². The van der Waals surface area contributed by atoms with Gasteiger partial charge in [0.15, 0.2) is 0 Å². The summed E-state index contributed by atoms with van der Waals surface area (Å²) < 4.78 is 5.53. The molecule has 0 aromatic carbocycles. The Morgan fingerprint density at radius 3 is 2.72 bits per heavy atom. The third kappa shape index (κ3) is 6.35. The van der Waals surface area contributed by atoms with Crippen molar-refractivity contribution in [3.63, 3.8) is 0 Å². The Labute approximate surface area is 109 Å². The average molecular weight is 249 g/mol. The van der Waals surface area contributed by atoms with Crippen LogP contribution in [0.1, 0.15) is 39.8 Å². The first kappa shape index (κ1) is 14.6. The highest BCUT2D eigenvalue weighted by atomic mass is 16.5. The van der Waals surface area contributed by atoms with Crippen molar-refractivity contribution in [3.05, 3.63) is 30.2 Å². The molecule has 1 N–H and O–H groups in total. The molecule has 0 saturated carbocycles. The summed E-state index contributed by atoms with van der Waals surface area (Å²) in [5, 5.41) is 3.37. The van der Waals surface area contributed by atoms with Crippen molar-refractivity contribution in [1.29, 1.82) is 0 Å². The fourth-order valence-corrected chi connectivity index (χ4v) is 1.23. The van der Waals surface area contributed by atoms with E-state index in [1.165, 1.54) is 0 Å². The molecule has 0 radical (unpaired) electrons. The van der Waals surface area contributed by atoms with Gasteiger partial charge in [0.25, 0.3) is 0 Å². The Hall–Kier alpha value is -1.42. The van der Waals surface area contributed by atoms with Crippen LogP contribution >= 0.6 is 0 Å². The maximum Gasteiger partial charge on any atom is 0.232 e. The second-order valence-electron chi connectivity index (χ2n) is 5.51. The predicted octanol–water partition coefficient (Wildman–Crippen LogP) is 2.71. The Morgan fingerprint density at radius 1 is 1.39 bits per heavy atom. The van der Waals surface area contributed by atoms with Crippen LogP contribution in [0.25, 0.3) is 0 Å². The maximum absolute atomic E-state index is 5.53. The van der Waals surface area contributed by atoms with E-state index in [4.69, 9.17) is 4.74 Å². The summed E-state index contributed by atoms with van der Waals surface area (Å²) in [5.74, 6) is 0.574. The largest absolute Gasteiger partial charge is 0.476 e. The molecular formula is C14H23N3O. The zero-order valence-electron chi connectivity index (χ0n) is 11.8. The van der Waals surface area contributed by atoms with Gasteiger partial charge >= 0.3 is 0 Å². The molecular weight excluding hydrogens is 226 g/mol. The van der Waals surface area contributed by atoms with Crippen LogP contribution < -0.4 is 10.1 Å². The van der Waals surface area contributed by atoms with Crippen LogP contribution in [0.4, 0.5) is 0 Å². The fourth-order valence-electron chi connectivity index (χ4n) is 1.23. The zero-order chi connectivity index (χ0) is 13.6. The minimum atomic E-state index is 0.0680. The Morgan fingerprint density at radius 2 is 2.11 bits per heavy atom. The molecule has 0 aliphatic carbocycles. The summed E-state index contributed by atoms with van der Waals surface area (Å²) >= 11 is 0. The normalized spacial score (nSPS) is 11.3. The smallest absolute Gasteiger partial charge is 0.232 e. The average Bonchev–Trinajstić information content (AvgIpc) is 2.26. The molecule has 0 bridgehead atoms. The van der Waals surface area contributed by atoms with Gasteiger partial charge in [0, 0.05) is 24.7 Å². The molecule has 1 heterocycles. The Balaban J connectivity index is 2.49. The third-order valence-corrected chi connectivity index (χ3v) is 2.24. The SMILES string of the molecule is C=C(C)CCOc1cncc(CNC(C)(C)C)n1. The van der Waals surface area contributed by atoms with E-state index in [2.05, 4.69) is 42.6 Å². The van der Waals surface area contributed by atoms with Gasteiger partial charge in [0.05, 0.1) is 18.5 Å². The highest BCUT2D eigenvalue weighted by Crippen LogP contribution is 2.08. The number of aromatic nitrogens is 2. The molecule has 0 fully saturated rings. The standard InChI is InChI=1S/C14H23N3O/c1-11(2)6-7-18-13-10-15-8-12(17-13)9-16-14(3,4)5/h8,10,16H,1,6-7,9H2,2-5H3. The van der Waals surface area contributed by atoms with E-state index in [1.807, 2.05) is 6.92 Å². The van der Waals surface area contributed by atoms with Gasteiger partial charge in [-0.3, -0.25) is 4.98 Å². The van der Waals surface area contributed by atoms with Crippen molar-refractivity contribution >= 4 is 0 Å². The summed E-state index contributed by atoms with van der Waals surface area (Å²) in [6.07, 6.45) is 4.23. The molecule has 0 unspecified atom stereocenters. The minimum absolute atomic E-state index is 0.0680. The van der Waals surface area contributed by atoms with Gasteiger partial charge in [0.2, 0.25) is 5.88 Å². The van der Waals surface area contributed by atoms with E-state index in [1.54, 1.807) is 12.4 Å². The lowest BCUT2D eigenvalue weighted by molar-refractivity contribution is 0.306. The first-order valence-electron chi connectivity index (χ1n) is 6.20. The minimum Gasteiger partial charge on any atom is -0.476 e. The molecule has 0 aliphatic heterocycles. The van der Waals surface area contributed by atoms with Gasteiger partial charge in [0.1, 0.15) is 0 Å². The lowest BCUT2D eigenvalue weighted by atomic mass is 10.1. The summed E-state index contributed by atoms with van der Waals surface area (Å²) in [6, 6.07) is 0. The first-order valence-corrected chi connectivity index (χ1v) is 6.20. The molecule has 0 amide bonds. The molecule has 4 heteroatoms. The van der Waals surface area contributed by atoms with Gasteiger partial charge < -0.3 is 10.1 Å². The van der Waals surface area contributed by atoms with Gasteiger partial charge in [-0.1, -0.05) is 5.57 Å². The summed E-state index contributed by atoms with van der Waals surface area (Å²) in [6.45, 7) is 13.5. The van der Waals surface area contributed by atoms with Crippen molar-refractivity contribution < 1.29 is 4.74 Å². The van der Waals surface area contributed by atoms with Crippen LogP contribution in [0.15, 0.2) is 24.5 Å². The quantitative estimate of drug-likeness (QED) is 0.787. The highest BCUT2D eigenvalue weighted by molar-refractivity contribution is 5.08. The molecule has 100 valence electrons. The predicted molar refractivity (Wildman–Crippen MR) is 73.6 cm³/mol. The molecule has 18 heavy (non-hydrogen) atoms. The van der Waals surface area contributed by atoms with E-state index in [9.17, 15) is 0 Å². The number of nitrogens with one attached hydrogen (secondary N) is 1. The van der Waals surface area contributed by atoms with E-state index in [0.29, 0.717) is 19.0 Å². The monoisotopic (exact) mass is 249 g/mol. The van der Waals surface area contributed by atoms with Gasteiger partial charge in [-0.15, -0.1) is 6.58 Å². The fraction of sp³-hybridized carbons (Fsp3) is 0.571. The Bertz CT molecular complexity index is 396. The number of rotatable bonds is 6. The number of hydrogen-bond donors (Lipinski definition) is 1. The van der Waals surface area contributed by atoms with Crippen molar-refractivity contribution in [2.45, 2.75) is 46.2 Å². The van der Waals surface area contributed by atoms with E-state index >= 15 is 0 Å². The molecule has 0 spiro atoms. The van der Waals surface area contributed by atoms with Gasteiger partial charge in [-0.25, -0.2) is 4.98 Å². The summed E-state index contributed by atoms with van der Waals surface area (Å²) in [5.41, 5.74) is 2.06. The van der Waals surface area contributed by atoms with Crippen LogP contribution in [0.2, 0.25) is 0 Å². The van der Waals surface area contributed by atoms with E-state index in [-0.39, 0.29) is 5.54 Å². The molecule has 0 aliphatic rings. The van der Waals surface area contributed by atoms with Crippen molar-refractivity contribution in [3.8, 4) is 5.88 Å². The highest BCUT2D eigenvalue weighted by Gasteiger charge is 2.09. The molecule has 0 atom stereocenters. The van der Waals surface area contributed by atoms with E-state index in [0.717, 1.165) is 17.7 Å². The van der Waals surface area contributed by atoms with Gasteiger partial charge in [-0.05, 0) is 27.7 Å². The van der Waals surface area contributed by atoms with Crippen molar-refractivity contribution in [2.75, 3.05) is 6.61 Å². The number of hydrogen-bond acceptors (Lipinski definition) is 4. The zero-order valence-corrected chi connectivity index (χ0v) is 11.8. The molecule has 1 rings (SSSR count).